The molecule has 0 saturated heterocycles. The van der Waals surface area contributed by atoms with Crippen LogP contribution in [0.2, 0.25) is 0 Å². The number of rotatable bonds is 5. The van der Waals surface area contributed by atoms with Gasteiger partial charge in [0.05, 0.1) is 5.69 Å². The molecular formula is C44H27NO4. The van der Waals surface area contributed by atoms with Crippen LogP contribution in [0, 0.1) is 0 Å². The van der Waals surface area contributed by atoms with Crippen LogP contribution >= 0.6 is 0 Å². The second-order valence-corrected chi connectivity index (χ2v) is 12.6. The molecule has 7 aromatic carbocycles. The van der Waals surface area contributed by atoms with Crippen LogP contribution in [0.5, 0.6) is 0 Å². The zero-order valence-corrected chi connectivity index (χ0v) is 26.2. The molecule has 0 bridgehead atoms. The minimum Gasteiger partial charge on any atom is -0.309 e. The van der Waals surface area contributed by atoms with E-state index in [1.54, 1.807) is 48.5 Å². The molecule has 0 heterocycles. The largest absolute Gasteiger partial charge is 0.309 e. The Morgan fingerprint density at radius 2 is 0.694 bits per heavy atom. The Kier molecular flexibility index (Phi) is 6.49. The lowest BCUT2D eigenvalue weighted by Gasteiger charge is -2.29. The number of nitrogens with zero attached hydrogens (tertiary/aromatic N) is 1. The predicted octanol–water partition coefficient (Wildman–Crippen LogP) is 9.79. The fraction of sp³-hybridized carbons (Fsp3) is 0.0455. The summed E-state index contributed by atoms with van der Waals surface area (Å²) in [4.78, 5) is 55.5. The van der Waals surface area contributed by atoms with Gasteiger partial charge in [0.15, 0.2) is 23.1 Å². The number of hydrogen-bond acceptors (Lipinski definition) is 5. The summed E-state index contributed by atoms with van der Waals surface area (Å²) in [6.07, 6.45) is 0. The number of benzene rings is 7. The van der Waals surface area contributed by atoms with Crippen molar-refractivity contribution in [2.45, 2.75) is 11.8 Å². The first-order valence-corrected chi connectivity index (χ1v) is 16.2. The number of anilines is 3. The van der Waals surface area contributed by atoms with Crippen molar-refractivity contribution < 1.29 is 19.2 Å². The van der Waals surface area contributed by atoms with Crippen molar-refractivity contribution in [1.82, 2.24) is 0 Å². The number of carbonyl (C=O) groups excluding carboxylic acids is 4. The second kappa shape index (κ2) is 11.1. The van der Waals surface area contributed by atoms with Crippen molar-refractivity contribution >= 4 is 61.7 Å². The van der Waals surface area contributed by atoms with Crippen LogP contribution in [0.1, 0.15) is 64.4 Å². The van der Waals surface area contributed by atoms with Crippen molar-refractivity contribution in [2.24, 2.45) is 0 Å². The molecule has 0 spiro atoms. The summed E-state index contributed by atoms with van der Waals surface area (Å²) in [7, 11) is 0. The van der Waals surface area contributed by atoms with Gasteiger partial charge in [0.25, 0.3) is 0 Å². The van der Waals surface area contributed by atoms with E-state index in [4.69, 9.17) is 0 Å². The van der Waals surface area contributed by atoms with E-state index >= 15 is 0 Å². The average molecular weight is 634 g/mol. The maximum Gasteiger partial charge on any atom is 0.178 e. The Bertz CT molecular complexity index is 2290. The van der Waals surface area contributed by atoms with Gasteiger partial charge in [-0.25, -0.2) is 0 Å². The van der Waals surface area contributed by atoms with Crippen LogP contribution in [-0.4, -0.2) is 23.1 Å². The van der Waals surface area contributed by atoms with Crippen LogP contribution < -0.4 is 4.90 Å². The van der Waals surface area contributed by atoms with Crippen molar-refractivity contribution in [1.29, 1.82) is 0 Å². The molecule has 2 aliphatic carbocycles. The topological polar surface area (TPSA) is 71.5 Å². The van der Waals surface area contributed by atoms with Gasteiger partial charge in [-0.1, -0.05) is 121 Å². The first-order chi connectivity index (χ1) is 24.0. The molecule has 0 fully saturated rings. The molecule has 7 aromatic rings. The van der Waals surface area contributed by atoms with E-state index in [0.29, 0.717) is 33.4 Å². The van der Waals surface area contributed by atoms with Crippen LogP contribution in [-0.2, 0) is 0 Å². The lowest BCUT2D eigenvalue weighted by Crippen LogP contribution is -2.15. The van der Waals surface area contributed by atoms with Gasteiger partial charge >= 0.3 is 0 Å². The van der Waals surface area contributed by atoms with Crippen molar-refractivity contribution in [3.8, 4) is 0 Å². The highest BCUT2D eigenvalue weighted by Crippen LogP contribution is 2.45. The van der Waals surface area contributed by atoms with Gasteiger partial charge in [-0.15, -0.1) is 0 Å². The summed E-state index contributed by atoms with van der Waals surface area (Å²) in [5.41, 5.74) is 5.77. The molecule has 0 radical (unpaired) electrons. The molecule has 5 nitrogen and oxygen atoms in total. The summed E-state index contributed by atoms with van der Waals surface area (Å²) < 4.78 is 0. The number of carbonyl (C=O) groups is 4. The van der Waals surface area contributed by atoms with E-state index in [2.05, 4.69) is 35.2 Å². The molecule has 0 saturated carbocycles. The van der Waals surface area contributed by atoms with Gasteiger partial charge in [-0.3, -0.25) is 19.2 Å². The minimum absolute atomic E-state index is 0.181. The van der Waals surface area contributed by atoms with Gasteiger partial charge in [0.1, 0.15) is 11.8 Å². The summed E-state index contributed by atoms with van der Waals surface area (Å²) in [6, 6.07) is 47.9. The van der Waals surface area contributed by atoms with E-state index in [9.17, 15) is 19.2 Å². The number of hydrogen-bond donors (Lipinski definition) is 0. The predicted molar refractivity (Wildman–Crippen MR) is 192 cm³/mol. The number of fused-ring (bicyclic) bond motifs is 4. The summed E-state index contributed by atoms with van der Waals surface area (Å²) in [5.74, 6) is -2.47. The van der Waals surface area contributed by atoms with Crippen LogP contribution in [0.15, 0.2) is 152 Å². The normalized spacial score (nSPS) is 14.5. The standard InChI is InChI=1S/C44H27NO4/c46-41-34-13-5-6-14-35(34)42(47)38(41)26-17-21-30(22-18-26)45(40-32-11-3-1-9-28(32)25-29-10-2-4-12-33(29)40)31-23-19-27(20-24-31)39-43(48)36-15-7-8-16-37(36)44(39)49/h1-25,38-39H. The Morgan fingerprint density at radius 1 is 0.367 bits per heavy atom. The maximum absolute atomic E-state index is 13.3. The molecule has 5 heteroatoms. The van der Waals surface area contributed by atoms with Gasteiger partial charge in [-0.05, 0) is 52.2 Å². The van der Waals surface area contributed by atoms with Gasteiger partial charge in [0, 0.05) is 44.4 Å². The SMILES string of the molecule is O=C1c2ccccc2C(=O)C1c1ccc(N(c2ccc(C3C(=O)c4ccccc4C3=O)cc2)c2c3ccccc3cc3ccccc23)cc1. The van der Waals surface area contributed by atoms with E-state index in [1.807, 2.05) is 72.8 Å². The molecule has 9 rings (SSSR count). The maximum atomic E-state index is 13.3. The molecular weight excluding hydrogens is 606 g/mol. The van der Waals surface area contributed by atoms with E-state index in [-0.39, 0.29) is 23.1 Å². The van der Waals surface area contributed by atoms with Gasteiger partial charge in [-0.2, -0.15) is 0 Å². The first-order valence-electron chi connectivity index (χ1n) is 16.2. The third-order valence-corrected chi connectivity index (χ3v) is 9.90. The summed E-state index contributed by atoms with van der Waals surface area (Å²) in [6.45, 7) is 0. The Morgan fingerprint density at radius 3 is 1.06 bits per heavy atom. The summed E-state index contributed by atoms with van der Waals surface area (Å²) in [5, 5.41) is 4.24. The van der Waals surface area contributed by atoms with Crippen molar-refractivity contribution in [2.75, 3.05) is 4.90 Å². The van der Waals surface area contributed by atoms with Crippen LogP contribution in [0.25, 0.3) is 21.5 Å². The first kappa shape index (κ1) is 28.7. The lowest BCUT2D eigenvalue weighted by molar-refractivity contribution is 0.0874. The van der Waals surface area contributed by atoms with Crippen molar-refractivity contribution in [3.05, 3.63) is 185 Å². The van der Waals surface area contributed by atoms with E-state index in [1.165, 1.54) is 0 Å². The zero-order valence-electron chi connectivity index (χ0n) is 26.2. The van der Waals surface area contributed by atoms with Gasteiger partial charge < -0.3 is 4.90 Å². The average Bonchev–Trinajstić information content (AvgIpc) is 3.56. The molecule has 0 aliphatic heterocycles. The highest BCUT2D eigenvalue weighted by atomic mass is 16.2. The molecule has 0 aromatic heterocycles. The Balaban J connectivity index is 1.18. The van der Waals surface area contributed by atoms with Crippen LogP contribution in [0.3, 0.4) is 0 Å². The Labute approximate surface area is 282 Å². The summed E-state index contributed by atoms with van der Waals surface area (Å²) >= 11 is 0. The third kappa shape index (κ3) is 4.40. The fourth-order valence-corrected chi connectivity index (χ4v) is 7.56. The molecule has 232 valence electrons. The molecule has 2 aliphatic rings. The fourth-order valence-electron chi connectivity index (χ4n) is 7.56. The molecule has 0 N–H and O–H groups in total. The highest BCUT2D eigenvalue weighted by Gasteiger charge is 2.40. The smallest absolute Gasteiger partial charge is 0.178 e. The zero-order chi connectivity index (χ0) is 33.2. The minimum atomic E-state index is -0.872. The third-order valence-electron chi connectivity index (χ3n) is 9.90. The molecule has 49 heavy (non-hydrogen) atoms. The van der Waals surface area contributed by atoms with Crippen molar-refractivity contribution in [3.63, 3.8) is 0 Å². The number of Topliss-reactive ketones (excluding diaryl/α,β-unsaturated/α-hetero) is 4. The number of ketones is 4. The lowest BCUT2D eigenvalue weighted by atomic mass is 9.93. The molecule has 0 unspecified atom stereocenters. The highest BCUT2D eigenvalue weighted by molar-refractivity contribution is 6.30. The Hall–Kier alpha value is -6.46. The van der Waals surface area contributed by atoms with E-state index < -0.39 is 11.8 Å². The van der Waals surface area contributed by atoms with Gasteiger partial charge in [0.2, 0.25) is 0 Å². The second-order valence-electron chi connectivity index (χ2n) is 12.6. The van der Waals surface area contributed by atoms with E-state index in [0.717, 1.165) is 38.6 Å². The molecule has 0 amide bonds. The monoisotopic (exact) mass is 633 g/mol. The quantitative estimate of drug-likeness (QED) is 0.139. The molecule has 0 atom stereocenters. The van der Waals surface area contributed by atoms with Crippen LogP contribution in [0.4, 0.5) is 17.1 Å².